The topological polar surface area (TPSA) is 77.0 Å². The van der Waals surface area contributed by atoms with E-state index in [1.807, 2.05) is 6.92 Å². The number of nitrogens with one attached hydrogen (secondary N) is 1. The molecule has 1 aromatic carbocycles. The Labute approximate surface area is 133 Å². The van der Waals surface area contributed by atoms with Gasteiger partial charge in [0.15, 0.2) is 0 Å². The van der Waals surface area contributed by atoms with Crippen molar-refractivity contribution in [2.45, 2.75) is 6.92 Å². The number of anilines is 1. The second kappa shape index (κ2) is 6.65. The molecular formula is C17H14N4O2. The average molecular weight is 306 g/mol. The van der Waals surface area contributed by atoms with E-state index in [-0.39, 0.29) is 5.91 Å². The molecule has 0 aliphatic heterocycles. The number of aromatic nitrogens is 3. The molecule has 0 aliphatic carbocycles. The predicted octanol–water partition coefficient (Wildman–Crippen LogP) is 3.22. The summed E-state index contributed by atoms with van der Waals surface area (Å²) in [6, 6.07) is 13.9. The van der Waals surface area contributed by atoms with Crippen molar-refractivity contribution >= 4 is 11.6 Å². The van der Waals surface area contributed by atoms with Crippen LogP contribution in [0.15, 0.2) is 60.9 Å². The third-order valence-corrected chi connectivity index (χ3v) is 3.01. The maximum absolute atomic E-state index is 12.2. The smallest absolute Gasteiger partial charge is 0.255 e. The Kier molecular flexibility index (Phi) is 4.24. The highest BCUT2D eigenvalue weighted by molar-refractivity contribution is 6.04. The van der Waals surface area contributed by atoms with E-state index >= 15 is 0 Å². The molecular weight excluding hydrogens is 292 g/mol. The molecule has 0 unspecified atom stereocenters. The van der Waals surface area contributed by atoms with Gasteiger partial charge < -0.3 is 10.1 Å². The number of amides is 1. The lowest BCUT2D eigenvalue weighted by molar-refractivity contribution is 0.102. The van der Waals surface area contributed by atoms with Gasteiger partial charge in [0.25, 0.3) is 5.91 Å². The predicted molar refractivity (Wildman–Crippen MR) is 85.5 cm³/mol. The molecule has 0 atom stereocenters. The molecule has 0 spiro atoms. The molecule has 6 nitrogen and oxygen atoms in total. The van der Waals surface area contributed by atoms with Gasteiger partial charge in [-0.15, -0.1) is 5.10 Å². The maximum Gasteiger partial charge on any atom is 0.255 e. The number of rotatable bonds is 4. The van der Waals surface area contributed by atoms with Gasteiger partial charge in [-0.25, -0.2) is 0 Å². The van der Waals surface area contributed by atoms with E-state index in [1.165, 1.54) is 0 Å². The minimum atomic E-state index is -0.238. The van der Waals surface area contributed by atoms with Crippen molar-refractivity contribution in [2.75, 3.05) is 5.32 Å². The molecule has 1 N–H and O–H groups in total. The van der Waals surface area contributed by atoms with Gasteiger partial charge >= 0.3 is 0 Å². The van der Waals surface area contributed by atoms with Gasteiger partial charge in [0.05, 0.1) is 17.6 Å². The normalized spacial score (nSPS) is 10.1. The van der Waals surface area contributed by atoms with Crippen LogP contribution in [0.4, 0.5) is 5.69 Å². The quantitative estimate of drug-likeness (QED) is 0.800. The fraction of sp³-hybridized carbons (Fsp3) is 0.0588. The summed E-state index contributed by atoms with van der Waals surface area (Å²) in [6.45, 7) is 1.85. The molecule has 0 fully saturated rings. The van der Waals surface area contributed by atoms with Gasteiger partial charge in [0.1, 0.15) is 5.75 Å². The number of benzene rings is 1. The van der Waals surface area contributed by atoms with Crippen LogP contribution in [-0.4, -0.2) is 21.1 Å². The van der Waals surface area contributed by atoms with Crippen LogP contribution in [0.5, 0.6) is 11.6 Å². The molecule has 0 aliphatic rings. The molecule has 6 heteroatoms. The van der Waals surface area contributed by atoms with Crippen molar-refractivity contribution in [3.8, 4) is 11.6 Å². The third kappa shape index (κ3) is 3.88. The monoisotopic (exact) mass is 306 g/mol. The lowest BCUT2D eigenvalue weighted by Gasteiger charge is -2.07. The van der Waals surface area contributed by atoms with Gasteiger partial charge in [-0.05, 0) is 43.3 Å². The fourth-order valence-corrected chi connectivity index (χ4v) is 1.90. The number of aryl methyl sites for hydroxylation is 1. The zero-order valence-electron chi connectivity index (χ0n) is 12.4. The molecule has 0 bridgehead atoms. The van der Waals surface area contributed by atoms with Crippen molar-refractivity contribution in [2.24, 2.45) is 0 Å². The van der Waals surface area contributed by atoms with Crippen LogP contribution in [0.2, 0.25) is 0 Å². The summed E-state index contributed by atoms with van der Waals surface area (Å²) in [7, 11) is 0. The first-order chi connectivity index (χ1) is 11.2. The Morgan fingerprint density at radius 1 is 1.09 bits per heavy atom. The zero-order valence-corrected chi connectivity index (χ0v) is 12.4. The van der Waals surface area contributed by atoms with E-state index in [4.69, 9.17) is 4.74 Å². The first-order valence-corrected chi connectivity index (χ1v) is 7.00. The second-order valence-electron chi connectivity index (χ2n) is 4.84. The van der Waals surface area contributed by atoms with Crippen molar-refractivity contribution in [1.29, 1.82) is 0 Å². The van der Waals surface area contributed by atoms with E-state index in [2.05, 4.69) is 20.5 Å². The minimum absolute atomic E-state index is 0.238. The van der Waals surface area contributed by atoms with Crippen LogP contribution in [0.1, 0.15) is 16.1 Å². The number of nitrogens with zero attached hydrogens (tertiary/aromatic N) is 3. The van der Waals surface area contributed by atoms with E-state index in [9.17, 15) is 4.79 Å². The van der Waals surface area contributed by atoms with Gasteiger partial charge in [0.2, 0.25) is 5.88 Å². The van der Waals surface area contributed by atoms with Crippen LogP contribution in [0.3, 0.4) is 0 Å². The number of ether oxygens (including phenoxy) is 1. The minimum Gasteiger partial charge on any atom is -0.438 e. The van der Waals surface area contributed by atoms with Gasteiger partial charge in [0, 0.05) is 17.8 Å². The molecule has 2 heterocycles. The molecule has 1 amide bonds. The summed E-state index contributed by atoms with van der Waals surface area (Å²) in [5, 5.41) is 10.6. The molecule has 0 radical (unpaired) electrons. The Hall–Kier alpha value is -3.28. The van der Waals surface area contributed by atoms with Crippen molar-refractivity contribution < 1.29 is 9.53 Å². The summed E-state index contributed by atoms with van der Waals surface area (Å²) in [5.41, 5.74) is 1.92. The fourth-order valence-electron chi connectivity index (χ4n) is 1.90. The Bertz CT molecular complexity index is 804. The number of carbonyl (C=O) groups is 1. The molecule has 0 saturated carbocycles. The summed E-state index contributed by atoms with van der Waals surface area (Å²) in [5.74, 6) is 0.654. The highest BCUT2D eigenvalue weighted by Gasteiger charge is 2.08. The van der Waals surface area contributed by atoms with Crippen LogP contribution in [0, 0.1) is 6.92 Å². The Balaban J connectivity index is 1.74. The van der Waals surface area contributed by atoms with Crippen LogP contribution < -0.4 is 10.1 Å². The molecule has 2 aromatic heterocycles. The van der Waals surface area contributed by atoms with Gasteiger partial charge in [-0.1, -0.05) is 6.07 Å². The van der Waals surface area contributed by atoms with Crippen LogP contribution >= 0.6 is 0 Å². The Morgan fingerprint density at radius 3 is 2.74 bits per heavy atom. The molecule has 23 heavy (non-hydrogen) atoms. The SMILES string of the molecule is Cc1ccc(Oc2cccc(C(=O)Nc3cccnc3)c2)nn1. The van der Waals surface area contributed by atoms with E-state index in [0.717, 1.165) is 5.69 Å². The number of hydrogen-bond acceptors (Lipinski definition) is 5. The summed E-state index contributed by atoms with van der Waals surface area (Å²) in [4.78, 5) is 16.2. The third-order valence-electron chi connectivity index (χ3n) is 3.01. The lowest BCUT2D eigenvalue weighted by atomic mass is 10.2. The number of carbonyl (C=O) groups excluding carboxylic acids is 1. The van der Waals surface area contributed by atoms with Crippen molar-refractivity contribution in [1.82, 2.24) is 15.2 Å². The summed E-state index contributed by atoms with van der Waals surface area (Å²) in [6.07, 6.45) is 3.23. The van der Waals surface area contributed by atoms with Crippen LogP contribution in [0.25, 0.3) is 0 Å². The van der Waals surface area contributed by atoms with Crippen molar-refractivity contribution in [3.05, 3.63) is 72.2 Å². The number of hydrogen-bond donors (Lipinski definition) is 1. The van der Waals surface area contributed by atoms with Gasteiger partial charge in [-0.3, -0.25) is 9.78 Å². The Morgan fingerprint density at radius 2 is 2.00 bits per heavy atom. The summed E-state index contributed by atoms with van der Waals surface area (Å²) >= 11 is 0. The standard InChI is InChI=1S/C17H14N4O2/c1-12-7-8-16(21-20-12)23-15-6-2-4-13(10-15)17(22)19-14-5-3-9-18-11-14/h2-11H,1H3,(H,19,22). The van der Waals surface area contributed by atoms with Crippen molar-refractivity contribution in [3.63, 3.8) is 0 Å². The van der Waals surface area contributed by atoms with Gasteiger partial charge in [-0.2, -0.15) is 5.10 Å². The number of pyridine rings is 1. The maximum atomic E-state index is 12.2. The first-order valence-electron chi connectivity index (χ1n) is 7.00. The second-order valence-corrected chi connectivity index (χ2v) is 4.84. The van der Waals surface area contributed by atoms with E-state index in [0.29, 0.717) is 22.9 Å². The molecule has 0 saturated heterocycles. The van der Waals surface area contributed by atoms with Crippen LogP contribution in [-0.2, 0) is 0 Å². The molecule has 3 aromatic rings. The summed E-state index contributed by atoms with van der Waals surface area (Å²) < 4.78 is 5.61. The molecule has 114 valence electrons. The lowest BCUT2D eigenvalue weighted by Crippen LogP contribution is -2.11. The van der Waals surface area contributed by atoms with E-state index in [1.54, 1.807) is 60.9 Å². The molecule has 3 rings (SSSR count). The highest BCUT2D eigenvalue weighted by atomic mass is 16.5. The highest BCUT2D eigenvalue weighted by Crippen LogP contribution is 2.20. The largest absolute Gasteiger partial charge is 0.438 e. The zero-order chi connectivity index (χ0) is 16.1. The first kappa shape index (κ1) is 14.6. The van der Waals surface area contributed by atoms with E-state index < -0.39 is 0 Å². The average Bonchev–Trinajstić information content (AvgIpc) is 2.58.